The smallest absolute Gasteiger partial charge is 0.290 e. The van der Waals surface area contributed by atoms with Gasteiger partial charge in [-0.25, -0.2) is 8.42 Å². The second-order valence-corrected chi connectivity index (χ2v) is 10.8. The van der Waals surface area contributed by atoms with Gasteiger partial charge in [-0.15, -0.1) is 0 Å². The Kier molecular flexibility index (Phi) is 9.93. The third-order valence-electron chi connectivity index (χ3n) is 6.01. The standard InChI is InChI=1S/C26H34N2O8S/c1-18(2)19-16-24(26(31)27-22-6-4-5-7-23(22)30)36-25(17-19)35-15-13-28(12-14-29)37(32,33)21-10-8-20(34-3)9-11-21/h4-11,16,18-19,25,29-30H,12-15,17H2,1-3H3,(H,27,31)/t19-,25+/m0/s1. The number of para-hydroxylation sites is 2. The summed E-state index contributed by atoms with van der Waals surface area (Å²) in [6.07, 6.45) is 1.45. The van der Waals surface area contributed by atoms with Gasteiger partial charge >= 0.3 is 0 Å². The van der Waals surface area contributed by atoms with Crippen molar-refractivity contribution in [2.75, 3.05) is 38.7 Å². The summed E-state index contributed by atoms with van der Waals surface area (Å²) in [6.45, 7) is 3.54. The van der Waals surface area contributed by atoms with Crippen molar-refractivity contribution in [3.8, 4) is 11.5 Å². The number of methoxy groups -OCH3 is 1. The zero-order chi connectivity index (χ0) is 27.0. The molecule has 202 valence electrons. The van der Waals surface area contributed by atoms with Crippen molar-refractivity contribution in [1.29, 1.82) is 0 Å². The molecule has 1 heterocycles. The van der Waals surface area contributed by atoms with E-state index in [2.05, 4.69) is 5.32 Å². The van der Waals surface area contributed by atoms with Crippen molar-refractivity contribution in [3.05, 3.63) is 60.4 Å². The van der Waals surface area contributed by atoms with Gasteiger partial charge in [0.2, 0.25) is 16.3 Å². The summed E-state index contributed by atoms with van der Waals surface area (Å²) in [5.74, 6) is 0.188. The number of nitrogens with one attached hydrogen (secondary N) is 1. The molecular formula is C26H34N2O8S. The minimum absolute atomic E-state index is 0.0135. The molecule has 0 aromatic heterocycles. The van der Waals surface area contributed by atoms with Crippen LogP contribution in [0.2, 0.25) is 0 Å². The SMILES string of the molecule is COc1ccc(S(=O)(=O)N(CCO)CCO[C@H]2C[C@@H](C(C)C)C=C(C(=O)Nc3ccccc3O)O2)cc1. The van der Waals surface area contributed by atoms with Crippen LogP contribution in [0.3, 0.4) is 0 Å². The van der Waals surface area contributed by atoms with Crippen molar-refractivity contribution in [3.63, 3.8) is 0 Å². The first-order chi connectivity index (χ1) is 17.6. The predicted molar refractivity (Wildman–Crippen MR) is 137 cm³/mol. The summed E-state index contributed by atoms with van der Waals surface area (Å²) in [4.78, 5) is 12.9. The quantitative estimate of drug-likeness (QED) is 0.354. The molecule has 1 aliphatic heterocycles. The summed E-state index contributed by atoms with van der Waals surface area (Å²) in [7, 11) is -2.39. The Bertz CT molecular complexity index is 1180. The molecule has 0 fully saturated rings. The van der Waals surface area contributed by atoms with Crippen molar-refractivity contribution in [2.45, 2.75) is 31.5 Å². The largest absolute Gasteiger partial charge is 0.506 e. The number of phenols is 1. The number of sulfonamides is 1. The summed E-state index contributed by atoms with van der Waals surface area (Å²) < 4.78 is 44.1. The van der Waals surface area contributed by atoms with Crippen LogP contribution in [0.4, 0.5) is 5.69 Å². The molecule has 0 unspecified atom stereocenters. The number of amides is 1. The summed E-state index contributed by atoms with van der Waals surface area (Å²) >= 11 is 0. The second-order valence-electron chi connectivity index (χ2n) is 8.87. The molecule has 1 amide bonds. The van der Waals surface area contributed by atoms with E-state index in [1.54, 1.807) is 36.4 Å². The van der Waals surface area contributed by atoms with Gasteiger partial charge in [0.05, 0.1) is 30.9 Å². The Balaban J connectivity index is 1.66. The number of aliphatic hydroxyl groups excluding tert-OH is 1. The molecule has 10 nitrogen and oxygen atoms in total. The van der Waals surface area contributed by atoms with Crippen LogP contribution in [0.1, 0.15) is 20.3 Å². The van der Waals surface area contributed by atoms with E-state index in [0.29, 0.717) is 12.2 Å². The number of rotatable bonds is 12. The topological polar surface area (TPSA) is 135 Å². The van der Waals surface area contributed by atoms with Gasteiger partial charge in [-0.1, -0.05) is 26.0 Å². The Morgan fingerprint density at radius 2 is 1.86 bits per heavy atom. The first-order valence-corrected chi connectivity index (χ1v) is 13.4. The number of aliphatic hydroxyl groups is 1. The maximum absolute atomic E-state index is 13.1. The first-order valence-electron chi connectivity index (χ1n) is 12.0. The maximum Gasteiger partial charge on any atom is 0.290 e. The van der Waals surface area contributed by atoms with Crippen LogP contribution >= 0.6 is 0 Å². The lowest BCUT2D eigenvalue weighted by molar-refractivity contribution is -0.148. The van der Waals surface area contributed by atoms with Crippen LogP contribution in [-0.2, 0) is 24.3 Å². The Labute approximate surface area is 217 Å². The molecule has 2 aromatic carbocycles. The van der Waals surface area contributed by atoms with Gasteiger partial charge < -0.3 is 29.7 Å². The number of ether oxygens (including phenoxy) is 3. The molecular weight excluding hydrogens is 500 g/mol. The van der Waals surface area contributed by atoms with Crippen LogP contribution in [0.5, 0.6) is 11.5 Å². The highest BCUT2D eigenvalue weighted by molar-refractivity contribution is 7.89. The number of phenolic OH excluding ortho intramolecular Hbond substituents is 1. The van der Waals surface area contributed by atoms with E-state index in [0.717, 1.165) is 4.31 Å². The maximum atomic E-state index is 13.1. The monoisotopic (exact) mass is 534 g/mol. The normalized spacial score (nSPS) is 17.8. The minimum atomic E-state index is -3.88. The molecule has 0 aliphatic carbocycles. The van der Waals surface area contributed by atoms with Crippen LogP contribution in [0.15, 0.2) is 65.3 Å². The van der Waals surface area contributed by atoms with Gasteiger partial charge in [0.15, 0.2) is 5.76 Å². The first kappa shape index (κ1) is 28.5. The third-order valence-corrected chi connectivity index (χ3v) is 7.92. The summed E-state index contributed by atoms with van der Waals surface area (Å²) in [5.41, 5.74) is 0.254. The number of anilines is 1. The number of carbonyl (C=O) groups excluding carboxylic acids is 1. The van der Waals surface area contributed by atoms with Crippen LogP contribution in [-0.4, -0.2) is 68.5 Å². The fraction of sp³-hybridized carbons (Fsp3) is 0.423. The van der Waals surface area contributed by atoms with Crippen molar-refractivity contribution < 1.29 is 37.6 Å². The molecule has 3 N–H and O–H groups in total. The van der Waals surface area contributed by atoms with E-state index in [9.17, 15) is 23.4 Å². The fourth-order valence-corrected chi connectivity index (χ4v) is 5.23. The molecule has 0 bridgehead atoms. The van der Waals surface area contributed by atoms with Crippen LogP contribution < -0.4 is 10.1 Å². The highest BCUT2D eigenvalue weighted by atomic mass is 32.2. The Hall–Kier alpha value is -3.12. The van der Waals surface area contributed by atoms with E-state index >= 15 is 0 Å². The number of benzene rings is 2. The lowest BCUT2D eigenvalue weighted by atomic mass is 9.90. The van der Waals surface area contributed by atoms with E-state index in [4.69, 9.17) is 14.2 Å². The van der Waals surface area contributed by atoms with Crippen molar-refractivity contribution in [1.82, 2.24) is 4.31 Å². The average molecular weight is 535 g/mol. The molecule has 0 saturated carbocycles. The molecule has 2 aromatic rings. The number of nitrogens with zero attached hydrogens (tertiary/aromatic N) is 1. The van der Waals surface area contributed by atoms with E-state index in [1.807, 2.05) is 13.8 Å². The van der Waals surface area contributed by atoms with E-state index in [1.165, 1.54) is 25.3 Å². The lowest BCUT2D eigenvalue weighted by Crippen LogP contribution is -2.38. The highest BCUT2D eigenvalue weighted by Crippen LogP contribution is 2.30. The molecule has 0 saturated heterocycles. The summed E-state index contributed by atoms with van der Waals surface area (Å²) in [6, 6.07) is 12.4. The number of allylic oxidation sites excluding steroid dienone is 1. The van der Waals surface area contributed by atoms with Gasteiger partial charge in [-0.05, 0) is 54.3 Å². The molecule has 2 atom stereocenters. The predicted octanol–water partition coefficient (Wildman–Crippen LogP) is 2.94. The number of aromatic hydroxyl groups is 1. The van der Waals surface area contributed by atoms with Crippen LogP contribution in [0.25, 0.3) is 0 Å². The lowest BCUT2D eigenvalue weighted by Gasteiger charge is -2.31. The van der Waals surface area contributed by atoms with Gasteiger partial charge in [0.1, 0.15) is 11.5 Å². The van der Waals surface area contributed by atoms with Crippen LogP contribution in [0, 0.1) is 11.8 Å². The van der Waals surface area contributed by atoms with Gasteiger partial charge in [0, 0.05) is 19.5 Å². The second kappa shape index (κ2) is 12.9. The fourth-order valence-electron chi connectivity index (χ4n) is 3.82. The van der Waals surface area contributed by atoms with Gasteiger partial charge in [0.25, 0.3) is 5.91 Å². The Morgan fingerprint density at radius 1 is 1.16 bits per heavy atom. The van der Waals surface area contributed by atoms with Crippen molar-refractivity contribution in [2.24, 2.45) is 11.8 Å². The Morgan fingerprint density at radius 3 is 2.49 bits per heavy atom. The minimum Gasteiger partial charge on any atom is -0.506 e. The molecule has 11 heteroatoms. The van der Waals surface area contributed by atoms with Gasteiger partial charge in [-0.3, -0.25) is 4.79 Å². The number of hydrogen-bond donors (Lipinski definition) is 3. The van der Waals surface area contributed by atoms with Gasteiger partial charge in [-0.2, -0.15) is 4.31 Å². The average Bonchev–Trinajstić information content (AvgIpc) is 2.89. The molecule has 37 heavy (non-hydrogen) atoms. The molecule has 3 rings (SSSR count). The zero-order valence-corrected chi connectivity index (χ0v) is 22.0. The molecule has 1 aliphatic rings. The molecule has 0 radical (unpaired) electrons. The number of hydrogen-bond acceptors (Lipinski definition) is 8. The number of carbonyl (C=O) groups is 1. The summed E-state index contributed by atoms with van der Waals surface area (Å²) in [5, 5.41) is 22.0. The molecule has 0 spiro atoms. The van der Waals surface area contributed by atoms with Crippen molar-refractivity contribution >= 4 is 21.6 Å². The van der Waals surface area contributed by atoms with E-state index in [-0.39, 0.29) is 60.2 Å². The zero-order valence-electron chi connectivity index (χ0n) is 21.2. The third kappa shape index (κ3) is 7.45. The van der Waals surface area contributed by atoms with E-state index < -0.39 is 22.2 Å². The highest BCUT2D eigenvalue weighted by Gasteiger charge is 2.30.